The summed E-state index contributed by atoms with van der Waals surface area (Å²) in [6.45, 7) is 2.04. The van der Waals surface area contributed by atoms with Gasteiger partial charge in [-0.25, -0.2) is 4.98 Å². The molecule has 0 amide bonds. The van der Waals surface area contributed by atoms with Gasteiger partial charge in [0.15, 0.2) is 5.13 Å². The van der Waals surface area contributed by atoms with Crippen molar-refractivity contribution in [3.63, 3.8) is 0 Å². The van der Waals surface area contributed by atoms with Crippen LogP contribution in [-0.2, 0) is 6.42 Å². The highest BCUT2D eigenvalue weighted by Gasteiger charge is 2.06. The van der Waals surface area contributed by atoms with Crippen LogP contribution < -0.4 is 5.32 Å². The fourth-order valence-corrected chi connectivity index (χ4v) is 2.34. The van der Waals surface area contributed by atoms with E-state index in [9.17, 15) is 0 Å². The Morgan fingerprint density at radius 3 is 2.93 bits per heavy atom. The molecule has 2 rings (SSSR count). The summed E-state index contributed by atoms with van der Waals surface area (Å²) in [5.74, 6) is 0. The molecule has 0 aliphatic heterocycles. The van der Waals surface area contributed by atoms with Crippen molar-refractivity contribution in [1.82, 2.24) is 9.97 Å². The first-order chi connectivity index (χ1) is 7.29. The average molecular weight is 219 g/mol. The van der Waals surface area contributed by atoms with Gasteiger partial charge in [0.25, 0.3) is 0 Å². The smallest absolute Gasteiger partial charge is 0.182 e. The molecule has 0 atom stereocenters. The van der Waals surface area contributed by atoms with Gasteiger partial charge in [0.05, 0.1) is 5.69 Å². The summed E-state index contributed by atoms with van der Waals surface area (Å²) >= 11 is 1.70. The fraction of sp³-hybridized carbons (Fsp3) is 0.273. The number of nitrogens with zero attached hydrogens (tertiary/aromatic N) is 2. The number of rotatable bonds is 3. The Hall–Kier alpha value is -1.42. The second-order valence-corrected chi connectivity index (χ2v) is 4.40. The van der Waals surface area contributed by atoms with Gasteiger partial charge in [-0.05, 0) is 18.6 Å². The van der Waals surface area contributed by atoms with Gasteiger partial charge < -0.3 is 5.32 Å². The molecule has 2 aromatic heterocycles. The first-order valence-electron chi connectivity index (χ1n) is 4.82. The highest BCUT2D eigenvalue weighted by Crippen LogP contribution is 2.24. The van der Waals surface area contributed by atoms with Crippen LogP contribution in [0.25, 0.3) is 0 Å². The van der Waals surface area contributed by atoms with E-state index in [-0.39, 0.29) is 0 Å². The van der Waals surface area contributed by atoms with E-state index < -0.39 is 0 Å². The highest BCUT2D eigenvalue weighted by atomic mass is 32.1. The average Bonchev–Trinajstić information content (AvgIpc) is 2.61. The Kier molecular flexibility index (Phi) is 2.97. The van der Waals surface area contributed by atoms with Crippen LogP contribution in [0, 0.1) is 6.92 Å². The van der Waals surface area contributed by atoms with E-state index in [1.807, 2.05) is 26.2 Å². The lowest BCUT2D eigenvalue weighted by atomic mass is 10.2. The third kappa shape index (κ3) is 2.33. The molecule has 0 fully saturated rings. The fourth-order valence-electron chi connectivity index (χ4n) is 1.39. The van der Waals surface area contributed by atoms with Gasteiger partial charge in [-0.2, -0.15) is 0 Å². The lowest BCUT2D eigenvalue weighted by Gasteiger charge is -1.97. The van der Waals surface area contributed by atoms with Crippen molar-refractivity contribution < 1.29 is 0 Å². The summed E-state index contributed by atoms with van der Waals surface area (Å²) in [5.41, 5.74) is 2.33. The number of aromatic nitrogens is 2. The van der Waals surface area contributed by atoms with Crippen LogP contribution in [0.2, 0.25) is 0 Å². The molecule has 78 valence electrons. The molecule has 0 unspecified atom stereocenters. The summed E-state index contributed by atoms with van der Waals surface area (Å²) < 4.78 is 0. The molecule has 0 radical (unpaired) electrons. The molecule has 4 heteroatoms. The molecule has 0 spiro atoms. The lowest BCUT2D eigenvalue weighted by molar-refractivity contribution is 1.12. The molecule has 0 aliphatic carbocycles. The molecule has 1 N–H and O–H groups in total. The van der Waals surface area contributed by atoms with Gasteiger partial charge in [-0.1, -0.05) is 6.07 Å². The summed E-state index contributed by atoms with van der Waals surface area (Å²) in [4.78, 5) is 9.82. The predicted molar refractivity (Wildman–Crippen MR) is 63.4 cm³/mol. The minimum atomic E-state index is 0.916. The van der Waals surface area contributed by atoms with Crippen molar-refractivity contribution in [2.24, 2.45) is 0 Å². The molecule has 0 saturated heterocycles. The van der Waals surface area contributed by atoms with E-state index in [4.69, 9.17) is 0 Å². The van der Waals surface area contributed by atoms with Crippen molar-refractivity contribution in [3.05, 3.63) is 40.7 Å². The Labute approximate surface area is 93.2 Å². The molecular formula is C11H13N3S. The molecule has 0 saturated carbocycles. The van der Waals surface area contributed by atoms with Crippen molar-refractivity contribution in [2.45, 2.75) is 13.3 Å². The van der Waals surface area contributed by atoms with Gasteiger partial charge in [0.2, 0.25) is 0 Å². The minimum absolute atomic E-state index is 0.916. The van der Waals surface area contributed by atoms with Crippen molar-refractivity contribution in [3.8, 4) is 0 Å². The number of pyridine rings is 1. The van der Waals surface area contributed by atoms with E-state index in [0.29, 0.717) is 0 Å². The zero-order valence-electron chi connectivity index (χ0n) is 8.82. The molecule has 15 heavy (non-hydrogen) atoms. The topological polar surface area (TPSA) is 37.8 Å². The summed E-state index contributed by atoms with van der Waals surface area (Å²) in [6.07, 6.45) is 4.61. The number of hydrogen-bond acceptors (Lipinski definition) is 4. The Balaban J connectivity index is 2.21. The maximum Gasteiger partial charge on any atom is 0.182 e. The first kappa shape index (κ1) is 10.1. The normalized spacial score (nSPS) is 10.3. The van der Waals surface area contributed by atoms with Gasteiger partial charge >= 0.3 is 0 Å². The maximum absolute atomic E-state index is 4.41. The van der Waals surface area contributed by atoms with E-state index >= 15 is 0 Å². The third-order valence-electron chi connectivity index (χ3n) is 2.19. The van der Waals surface area contributed by atoms with E-state index in [0.717, 1.165) is 17.2 Å². The van der Waals surface area contributed by atoms with Gasteiger partial charge in [-0.15, -0.1) is 11.3 Å². The number of nitrogens with one attached hydrogen (secondary N) is 1. The predicted octanol–water partition coefficient (Wildman–Crippen LogP) is 2.48. The minimum Gasteiger partial charge on any atom is -0.365 e. The molecule has 0 aliphatic rings. The van der Waals surface area contributed by atoms with Crippen molar-refractivity contribution in [2.75, 3.05) is 12.4 Å². The molecule has 3 nitrogen and oxygen atoms in total. The number of thiazole rings is 1. The lowest BCUT2D eigenvalue weighted by Crippen LogP contribution is -1.88. The van der Waals surface area contributed by atoms with Crippen LogP contribution in [-0.4, -0.2) is 17.0 Å². The van der Waals surface area contributed by atoms with Crippen LogP contribution in [0.15, 0.2) is 24.5 Å². The molecular weight excluding hydrogens is 206 g/mol. The molecule has 2 aromatic rings. The monoisotopic (exact) mass is 219 g/mol. The third-order valence-corrected chi connectivity index (χ3v) is 3.37. The Morgan fingerprint density at radius 2 is 2.33 bits per heavy atom. The molecule has 2 heterocycles. The number of aryl methyl sites for hydroxylation is 1. The summed E-state index contributed by atoms with van der Waals surface area (Å²) in [6, 6.07) is 4.05. The molecule has 0 aromatic carbocycles. The quantitative estimate of drug-likeness (QED) is 0.861. The highest BCUT2D eigenvalue weighted by molar-refractivity contribution is 7.15. The number of anilines is 1. The van der Waals surface area contributed by atoms with E-state index in [1.54, 1.807) is 17.5 Å². The van der Waals surface area contributed by atoms with E-state index in [1.165, 1.54) is 10.4 Å². The van der Waals surface area contributed by atoms with Gasteiger partial charge in [0.1, 0.15) is 0 Å². The number of hydrogen-bond donors (Lipinski definition) is 1. The van der Waals surface area contributed by atoms with Crippen LogP contribution in [0.3, 0.4) is 0 Å². The second-order valence-electron chi connectivity index (χ2n) is 3.32. The van der Waals surface area contributed by atoms with Crippen molar-refractivity contribution >= 4 is 16.5 Å². The maximum atomic E-state index is 4.41. The Morgan fingerprint density at radius 1 is 1.47 bits per heavy atom. The summed E-state index contributed by atoms with van der Waals surface area (Å²) in [7, 11) is 1.89. The standard InChI is InChI=1S/C11H13N3S/c1-8-10(15-11(12-2)14-8)6-9-4-3-5-13-7-9/h3-5,7H,6H2,1-2H3,(H,12,14). The zero-order chi connectivity index (χ0) is 10.7. The van der Waals surface area contributed by atoms with Gasteiger partial charge in [-0.3, -0.25) is 4.98 Å². The van der Waals surface area contributed by atoms with Crippen molar-refractivity contribution in [1.29, 1.82) is 0 Å². The van der Waals surface area contributed by atoms with Gasteiger partial charge in [0, 0.05) is 30.7 Å². The first-order valence-corrected chi connectivity index (χ1v) is 5.64. The SMILES string of the molecule is CNc1nc(C)c(Cc2cccnc2)s1. The second kappa shape index (κ2) is 4.40. The zero-order valence-corrected chi connectivity index (χ0v) is 9.64. The van der Waals surface area contributed by atoms with E-state index in [2.05, 4.69) is 21.4 Å². The van der Waals surface area contributed by atoms with Crippen LogP contribution >= 0.6 is 11.3 Å². The van der Waals surface area contributed by atoms with Crippen LogP contribution in [0.5, 0.6) is 0 Å². The Bertz CT molecular complexity index is 436. The summed E-state index contributed by atoms with van der Waals surface area (Å²) in [5, 5.41) is 4.04. The largest absolute Gasteiger partial charge is 0.365 e. The molecule has 0 bridgehead atoms. The van der Waals surface area contributed by atoms with Crippen LogP contribution in [0.1, 0.15) is 16.1 Å². The van der Waals surface area contributed by atoms with Crippen LogP contribution in [0.4, 0.5) is 5.13 Å².